The second-order valence-electron chi connectivity index (χ2n) is 2.06. The van der Waals surface area contributed by atoms with E-state index in [9.17, 15) is 0 Å². The monoisotopic (exact) mass is 150 g/mol. The van der Waals surface area contributed by atoms with Gasteiger partial charge < -0.3 is 0 Å². The molecule has 0 saturated carbocycles. The van der Waals surface area contributed by atoms with Crippen molar-refractivity contribution in [3.8, 4) is 0 Å². The van der Waals surface area contributed by atoms with E-state index in [0.29, 0.717) is 0 Å². The molecule has 0 bridgehead atoms. The van der Waals surface area contributed by atoms with Crippen LogP contribution >= 0.6 is 11.3 Å². The molecule has 0 unspecified atom stereocenters. The van der Waals surface area contributed by atoms with E-state index in [4.69, 9.17) is 0 Å². The molecule has 1 rings (SSSR count). The van der Waals surface area contributed by atoms with Crippen LogP contribution in [-0.2, 0) is 0 Å². The summed E-state index contributed by atoms with van der Waals surface area (Å²) in [6.07, 6.45) is 0. The minimum atomic E-state index is 1.28. The molecule has 10 heavy (non-hydrogen) atoms. The summed E-state index contributed by atoms with van der Waals surface area (Å²) in [5.74, 6) is 0. The summed E-state index contributed by atoms with van der Waals surface area (Å²) in [5, 5.41) is 4.13. The first-order valence-corrected chi connectivity index (χ1v) is 4.16. The third-order valence-electron chi connectivity index (χ3n) is 1.15. The Labute approximate surface area is 65.5 Å². The lowest BCUT2D eigenvalue weighted by atomic mass is 10.3. The van der Waals surface area contributed by atoms with Gasteiger partial charge in [0.25, 0.3) is 0 Å². The molecule has 1 heteroatoms. The minimum Gasteiger partial charge on any atom is -0.152 e. The average molecular weight is 150 g/mol. The van der Waals surface area contributed by atoms with Crippen molar-refractivity contribution in [1.82, 2.24) is 0 Å². The Kier molecular flexibility index (Phi) is 2.97. The SMILES string of the molecule is Cc1cccccscc1. The van der Waals surface area contributed by atoms with E-state index in [0.717, 1.165) is 0 Å². The van der Waals surface area contributed by atoms with E-state index in [1.807, 2.05) is 18.2 Å². The molecule has 1 heterocycles. The molecule has 0 aliphatic carbocycles. The smallest absolute Gasteiger partial charge is 0.00910 e. The van der Waals surface area contributed by atoms with Gasteiger partial charge in [-0.2, -0.15) is 11.3 Å². The first-order chi connectivity index (χ1) is 4.89. The van der Waals surface area contributed by atoms with Crippen LogP contribution in [0.4, 0.5) is 0 Å². The predicted octanol–water partition coefficient (Wildman–Crippen LogP) is 3.18. The zero-order chi connectivity index (χ0) is 7.23. The molecule has 0 radical (unpaired) electrons. The van der Waals surface area contributed by atoms with Gasteiger partial charge in [-0.1, -0.05) is 29.8 Å². The van der Waals surface area contributed by atoms with Crippen molar-refractivity contribution in [2.45, 2.75) is 6.92 Å². The van der Waals surface area contributed by atoms with Crippen molar-refractivity contribution in [2.75, 3.05) is 0 Å². The van der Waals surface area contributed by atoms with Crippen LogP contribution in [0.15, 0.2) is 41.1 Å². The van der Waals surface area contributed by atoms with Crippen molar-refractivity contribution >= 4 is 11.3 Å². The molecule has 0 aliphatic heterocycles. The molecule has 0 spiro atoms. The Morgan fingerprint density at radius 3 is 2.80 bits per heavy atom. The summed E-state index contributed by atoms with van der Waals surface area (Å²) in [5.41, 5.74) is 1.28. The third-order valence-corrected chi connectivity index (χ3v) is 1.76. The topological polar surface area (TPSA) is 0 Å². The van der Waals surface area contributed by atoms with E-state index in [2.05, 4.69) is 29.8 Å². The molecule has 0 aromatic carbocycles. The maximum atomic E-state index is 2.10. The quantitative estimate of drug-likeness (QED) is 0.533. The predicted molar refractivity (Wildman–Crippen MR) is 46.7 cm³/mol. The number of rotatable bonds is 0. The maximum absolute atomic E-state index is 2.10. The van der Waals surface area contributed by atoms with E-state index in [1.54, 1.807) is 11.3 Å². The fourth-order valence-corrected chi connectivity index (χ4v) is 1.18. The first kappa shape index (κ1) is 7.29. The van der Waals surface area contributed by atoms with Crippen molar-refractivity contribution in [1.29, 1.82) is 0 Å². The maximum Gasteiger partial charge on any atom is -0.00910 e. The summed E-state index contributed by atoms with van der Waals surface area (Å²) < 4.78 is 0. The zero-order valence-corrected chi connectivity index (χ0v) is 6.77. The zero-order valence-electron chi connectivity index (χ0n) is 5.95. The normalized spacial score (nSPS) is 8.50. The third kappa shape index (κ3) is 2.65. The van der Waals surface area contributed by atoms with Crippen LogP contribution in [0.5, 0.6) is 0 Å². The number of hydrogen-bond donors (Lipinski definition) is 0. The molecule has 0 N–H and O–H groups in total. The highest BCUT2D eigenvalue weighted by Crippen LogP contribution is 1.94. The molecule has 0 nitrogen and oxygen atoms in total. The lowest BCUT2D eigenvalue weighted by molar-refractivity contribution is 1.51. The summed E-state index contributed by atoms with van der Waals surface area (Å²) in [4.78, 5) is 0. The minimum absolute atomic E-state index is 1.28. The summed E-state index contributed by atoms with van der Waals surface area (Å²) in [6.45, 7) is 2.09. The van der Waals surface area contributed by atoms with Gasteiger partial charge in [0.05, 0.1) is 0 Å². The van der Waals surface area contributed by atoms with Gasteiger partial charge in [0.1, 0.15) is 0 Å². The Bertz CT molecular complexity index is 212. The van der Waals surface area contributed by atoms with Crippen molar-refractivity contribution in [3.63, 3.8) is 0 Å². The van der Waals surface area contributed by atoms with Gasteiger partial charge in [-0.15, -0.1) is 0 Å². The Morgan fingerprint density at radius 2 is 1.90 bits per heavy atom. The van der Waals surface area contributed by atoms with Crippen LogP contribution in [0.25, 0.3) is 0 Å². The summed E-state index contributed by atoms with van der Waals surface area (Å²) in [6, 6.07) is 10.3. The van der Waals surface area contributed by atoms with Gasteiger partial charge in [0, 0.05) is 0 Å². The van der Waals surface area contributed by atoms with Crippen LogP contribution in [0.3, 0.4) is 0 Å². The lowest BCUT2D eigenvalue weighted by Crippen LogP contribution is -1.57. The van der Waals surface area contributed by atoms with E-state index in [1.165, 1.54) is 5.56 Å². The Hall–Kier alpha value is -0.820. The molecule has 0 saturated heterocycles. The van der Waals surface area contributed by atoms with Gasteiger partial charge in [0.15, 0.2) is 0 Å². The van der Waals surface area contributed by atoms with Gasteiger partial charge in [-0.25, -0.2) is 0 Å². The van der Waals surface area contributed by atoms with Crippen LogP contribution in [0.2, 0.25) is 0 Å². The molecule has 52 valence electrons. The molecule has 0 aliphatic rings. The van der Waals surface area contributed by atoms with Crippen LogP contribution in [0, 0.1) is 6.92 Å². The summed E-state index contributed by atoms with van der Waals surface area (Å²) in [7, 11) is 0. The largest absolute Gasteiger partial charge is 0.152 e. The second-order valence-corrected chi connectivity index (χ2v) is 2.88. The van der Waals surface area contributed by atoms with Gasteiger partial charge >= 0.3 is 0 Å². The Balaban J connectivity index is 3.13. The number of hydrogen-bond acceptors (Lipinski definition) is 1. The standard InChI is InChI=1S/C9H10S/c1-9-5-3-2-4-7-10-8-6-9/h2-8H,1H3. The first-order valence-electron chi connectivity index (χ1n) is 3.22. The van der Waals surface area contributed by atoms with E-state index in [-0.39, 0.29) is 0 Å². The molecule has 1 aromatic heterocycles. The molecule has 0 amide bonds. The Morgan fingerprint density at radius 1 is 1.00 bits per heavy atom. The van der Waals surface area contributed by atoms with Crippen LogP contribution < -0.4 is 0 Å². The highest BCUT2D eigenvalue weighted by Gasteiger charge is 1.70. The average Bonchev–Trinajstić information content (AvgIpc) is 2.02. The van der Waals surface area contributed by atoms with Crippen LogP contribution in [-0.4, -0.2) is 0 Å². The highest BCUT2D eigenvalue weighted by molar-refractivity contribution is 7.07. The lowest BCUT2D eigenvalue weighted by Gasteiger charge is -1.76. The molecule has 1 aromatic rings. The van der Waals surface area contributed by atoms with Gasteiger partial charge in [-0.05, 0) is 23.8 Å². The van der Waals surface area contributed by atoms with Crippen molar-refractivity contribution in [3.05, 3.63) is 46.7 Å². The molecule has 0 fully saturated rings. The fourth-order valence-electron chi connectivity index (χ4n) is 0.610. The van der Waals surface area contributed by atoms with E-state index < -0.39 is 0 Å². The summed E-state index contributed by atoms with van der Waals surface area (Å²) >= 11 is 1.69. The second kappa shape index (κ2) is 4.07. The van der Waals surface area contributed by atoms with Crippen molar-refractivity contribution in [2.24, 2.45) is 0 Å². The van der Waals surface area contributed by atoms with E-state index >= 15 is 0 Å². The molecule has 0 atom stereocenters. The molecular formula is C9H10S. The number of aryl methyl sites for hydroxylation is 1. The van der Waals surface area contributed by atoms with Crippen molar-refractivity contribution < 1.29 is 0 Å². The van der Waals surface area contributed by atoms with Gasteiger partial charge in [0.2, 0.25) is 0 Å². The van der Waals surface area contributed by atoms with Gasteiger partial charge in [-0.3, -0.25) is 0 Å². The highest BCUT2D eigenvalue weighted by atomic mass is 32.1. The van der Waals surface area contributed by atoms with Crippen LogP contribution in [0.1, 0.15) is 5.56 Å². The molecular weight excluding hydrogens is 140 g/mol. The fraction of sp³-hybridized carbons (Fsp3) is 0.111.